The van der Waals surface area contributed by atoms with Gasteiger partial charge in [-0.05, 0) is 11.1 Å². The summed E-state index contributed by atoms with van der Waals surface area (Å²) in [5.41, 5.74) is 11.5. The van der Waals surface area contributed by atoms with Crippen molar-refractivity contribution in [2.24, 2.45) is 5.92 Å². The molecule has 0 saturated heterocycles. The minimum Gasteiger partial charge on any atom is -0.507 e. The van der Waals surface area contributed by atoms with Crippen molar-refractivity contribution < 1.29 is 9.91 Å². The highest BCUT2D eigenvalue weighted by Crippen LogP contribution is 2.21. The maximum Gasteiger partial charge on any atom is 0.230 e. The normalized spacial score (nSPS) is 19.0. The molecule has 0 spiro atoms. The number of fused-ring (bicyclic) bond motifs is 1. The third-order valence-corrected chi connectivity index (χ3v) is 3.17. The summed E-state index contributed by atoms with van der Waals surface area (Å²) in [6.07, 6.45) is 0.324. The Kier molecular flexibility index (Phi) is 3.22. The fraction of sp³-hybridized carbons (Fsp3) is 0.462. The molecular formula is C13H17N3O. The molecule has 2 rings (SSSR count). The summed E-state index contributed by atoms with van der Waals surface area (Å²) < 4.78 is 0. The van der Waals surface area contributed by atoms with Crippen LogP contribution in [0.15, 0.2) is 24.3 Å². The van der Waals surface area contributed by atoms with Gasteiger partial charge >= 0.3 is 0 Å². The Morgan fingerprint density at radius 3 is 2.65 bits per heavy atom. The molecule has 1 aliphatic rings. The van der Waals surface area contributed by atoms with Gasteiger partial charge in [0.25, 0.3) is 0 Å². The Hall–Kier alpha value is -1.71. The molecule has 0 fully saturated rings. The molecule has 17 heavy (non-hydrogen) atoms. The minimum absolute atomic E-state index is 0.0592. The second-order valence-electron chi connectivity index (χ2n) is 4.74. The Balaban J connectivity index is 2.30. The van der Waals surface area contributed by atoms with Crippen LogP contribution in [-0.4, -0.2) is 17.0 Å². The first-order valence-corrected chi connectivity index (χ1v) is 5.90. The number of hydrogen-bond donors (Lipinski definition) is 1. The molecule has 0 aromatic heterocycles. The first kappa shape index (κ1) is 11.8. The van der Waals surface area contributed by atoms with Crippen LogP contribution >= 0.6 is 0 Å². The smallest absolute Gasteiger partial charge is 0.230 e. The van der Waals surface area contributed by atoms with E-state index in [4.69, 9.17) is 0 Å². The zero-order valence-corrected chi connectivity index (χ0v) is 10.2. The van der Waals surface area contributed by atoms with E-state index in [2.05, 4.69) is 5.11 Å². The standard InChI is InChI=1S/C13H17N3O/c1-9(2)13(17)16-8-11-6-4-3-5-10(11)7-12(16)15-14/h3-6,9,12,15H,7-8H2,1-2H3. The van der Waals surface area contributed by atoms with Crippen LogP contribution in [0.4, 0.5) is 0 Å². The van der Waals surface area contributed by atoms with Crippen LogP contribution in [0.1, 0.15) is 25.0 Å². The van der Waals surface area contributed by atoms with Gasteiger partial charge in [0, 0.05) is 5.92 Å². The van der Waals surface area contributed by atoms with Gasteiger partial charge in [-0.1, -0.05) is 38.1 Å². The van der Waals surface area contributed by atoms with Gasteiger partial charge in [0.1, 0.15) is 0 Å². The van der Waals surface area contributed by atoms with Crippen molar-refractivity contribution in [2.45, 2.75) is 33.0 Å². The monoisotopic (exact) mass is 231 g/mol. The summed E-state index contributed by atoms with van der Waals surface area (Å²) in [6, 6.07) is 8.02. The number of rotatable bonds is 2. The van der Waals surface area contributed by atoms with Gasteiger partial charge in [0.15, 0.2) is 0 Å². The molecule has 1 N–H and O–H groups in total. The average Bonchev–Trinajstić information content (AvgIpc) is 2.36. The van der Waals surface area contributed by atoms with Crippen LogP contribution in [0.5, 0.6) is 0 Å². The molecule has 1 atom stereocenters. The van der Waals surface area contributed by atoms with Crippen LogP contribution in [0, 0.1) is 5.92 Å². The molecule has 1 aromatic carbocycles. The van der Waals surface area contributed by atoms with Gasteiger partial charge in [-0.25, -0.2) is 0 Å². The fourth-order valence-electron chi connectivity index (χ4n) is 2.20. The zero-order valence-electron chi connectivity index (χ0n) is 10.2. The van der Waals surface area contributed by atoms with E-state index in [1.807, 2.05) is 38.1 Å². The Bertz CT molecular complexity index is 442. The van der Waals surface area contributed by atoms with Crippen molar-refractivity contribution in [3.05, 3.63) is 40.9 Å². The molecule has 4 nitrogen and oxygen atoms in total. The van der Waals surface area contributed by atoms with Crippen LogP contribution < -0.4 is 5.11 Å². The molecule has 0 bridgehead atoms. The minimum atomic E-state index is -0.320. The number of hydrogen-bond acceptors (Lipinski definition) is 1. The second-order valence-corrected chi connectivity index (χ2v) is 4.74. The van der Waals surface area contributed by atoms with Crippen LogP contribution in [0.3, 0.4) is 0 Å². The number of amides is 1. The van der Waals surface area contributed by atoms with Gasteiger partial charge < -0.3 is 10.6 Å². The van der Waals surface area contributed by atoms with E-state index in [9.17, 15) is 10.3 Å². The molecule has 1 heterocycles. The van der Waals surface area contributed by atoms with Crippen molar-refractivity contribution in [1.82, 2.24) is 4.90 Å². The molecule has 0 aliphatic carbocycles. The van der Waals surface area contributed by atoms with E-state index in [0.717, 1.165) is 5.56 Å². The Morgan fingerprint density at radius 2 is 2.06 bits per heavy atom. The largest absolute Gasteiger partial charge is 0.507 e. The van der Waals surface area contributed by atoms with Crippen molar-refractivity contribution in [1.29, 1.82) is 0 Å². The number of nitrogens with zero attached hydrogens (tertiary/aromatic N) is 2. The van der Waals surface area contributed by atoms with Crippen LogP contribution in [0.25, 0.3) is 5.53 Å². The highest BCUT2D eigenvalue weighted by Gasteiger charge is 2.32. The van der Waals surface area contributed by atoms with Crippen LogP contribution in [0.2, 0.25) is 0 Å². The quantitative estimate of drug-likeness (QED) is 0.747. The molecule has 1 aliphatic heterocycles. The van der Waals surface area contributed by atoms with Gasteiger partial charge in [-0.3, -0.25) is 9.69 Å². The lowest BCUT2D eigenvalue weighted by molar-refractivity contribution is -0.552. The predicted molar refractivity (Wildman–Crippen MR) is 63.6 cm³/mol. The number of nitrogens with one attached hydrogen (secondary N) is 1. The van der Waals surface area contributed by atoms with Crippen molar-refractivity contribution in [2.75, 3.05) is 0 Å². The summed E-state index contributed by atoms with van der Waals surface area (Å²) in [5.74, 6) is 0.00200. The first-order valence-electron chi connectivity index (χ1n) is 5.90. The highest BCUT2D eigenvalue weighted by atomic mass is 16.2. The summed E-state index contributed by atoms with van der Waals surface area (Å²) >= 11 is 0. The fourth-order valence-corrected chi connectivity index (χ4v) is 2.20. The molecule has 1 amide bonds. The van der Waals surface area contributed by atoms with Crippen molar-refractivity contribution in [3.8, 4) is 0 Å². The van der Waals surface area contributed by atoms with E-state index < -0.39 is 0 Å². The van der Waals surface area contributed by atoms with Gasteiger partial charge in [-0.2, -0.15) is 0 Å². The molecule has 0 saturated carbocycles. The second kappa shape index (κ2) is 4.65. The van der Waals surface area contributed by atoms with E-state index in [-0.39, 0.29) is 18.0 Å². The topological polar surface area (TPSA) is 56.6 Å². The maximum absolute atomic E-state index is 12.1. The molecule has 90 valence electrons. The maximum atomic E-state index is 12.1. The first-order chi connectivity index (χ1) is 8.13. The molecule has 0 radical (unpaired) electrons. The third kappa shape index (κ3) is 2.20. The summed E-state index contributed by atoms with van der Waals surface area (Å²) in [6.45, 7) is 4.31. The summed E-state index contributed by atoms with van der Waals surface area (Å²) in [5, 5.41) is 2.24. The highest BCUT2D eigenvalue weighted by molar-refractivity contribution is 5.78. The lowest BCUT2D eigenvalue weighted by atomic mass is 9.97. The van der Waals surface area contributed by atoms with E-state index in [1.54, 1.807) is 4.90 Å². The van der Waals surface area contributed by atoms with Crippen molar-refractivity contribution >= 4 is 5.91 Å². The molecule has 1 aromatic rings. The predicted octanol–water partition coefficient (Wildman–Crippen LogP) is 0.656. The van der Waals surface area contributed by atoms with E-state index >= 15 is 0 Å². The van der Waals surface area contributed by atoms with Gasteiger partial charge in [-0.15, -0.1) is 0 Å². The summed E-state index contributed by atoms with van der Waals surface area (Å²) in [4.78, 5) is 13.8. The Labute approximate surface area is 101 Å². The molecular weight excluding hydrogens is 214 g/mol. The van der Waals surface area contributed by atoms with Gasteiger partial charge in [0.05, 0.1) is 13.0 Å². The molecule has 1 unspecified atom stereocenters. The lowest BCUT2D eigenvalue weighted by Gasteiger charge is -2.33. The number of benzene rings is 1. The average molecular weight is 231 g/mol. The van der Waals surface area contributed by atoms with Crippen LogP contribution in [-0.2, 0) is 17.8 Å². The zero-order chi connectivity index (χ0) is 12.4. The molecule has 4 heteroatoms. The number of carbonyl (C=O) groups excluding carboxylic acids is 1. The number of carbonyl (C=O) groups is 1. The summed E-state index contributed by atoms with van der Waals surface area (Å²) in [7, 11) is 0. The van der Waals surface area contributed by atoms with E-state index in [0.29, 0.717) is 13.0 Å². The van der Waals surface area contributed by atoms with Gasteiger partial charge in [0.2, 0.25) is 12.1 Å². The van der Waals surface area contributed by atoms with E-state index in [1.165, 1.54) is 5.56 Å². The lowest BCUT2D eigenvalue weighted by Crippen LogP contribution is -2.79. The van der Waals surface area contributed by atoms with Crippen molar-refractivity contribution in [3.63, 3.8) is 0 Å². The Morgan fingerprint density at radius 1 is 1.41 bits per heavy atom. The SMILES string of the molecule is CC(C)C(=O)N1Cc2ccccc2CC1[NH+]=[N-]. The third-order valence-electron chi connectivity index (χ3n) is 3.17.